The number of hydrogen-bond donors (Lipinski definition) is 1. The van der Waals surface area contributed by atoms with Gasteiger partial charge in [-0.15, -0.1) is 0 Å². The second-order valence-corrected chi connectivity index (χ2v) is 9.10. The van der Waals surface area contributed by atoms with E-state index in [1.807, 2.05) is 30.3 Å². The van der Waals surface area contributed by atoms with Crippen LogP contribution < -0.4 is 9.62 Å². The second kappa shape index (κ2) is 9.93. The van der Waals surface area contributed by atoms with Gasteiger partial charge in [0.1, 0.15) is 6.04 Å². The van der Waals surface area contributed by atoms with Crippen LogP contribution in [0.3, 0.4) is 0 Å². The second-order valence-electron chi connectivity index (χ2n) is 7.38. The van der Waals surface area contributed by atoms with E-state index in [0.29, 0.717) is 26.2 Å². The van der Waals surface area contributed by atoms with Crippen molar-refractivity contribution >= 4 is 27.6 Å². The summed E-state index contributed by atoms with van der Waals surface area (Å²) in [4.78, 5) is 29.0. The predicted octanol–water partition coefficient (Wildman–Crippen LogP) is 1.63. The molecule has 1 saturated heterocycles. The van der Waals surface area contributed by atoms with Gasteiger partial charge in [-0.1, -0.05) is 36.4 Å². The van der Waals surface area contributed by atoms with Crippen LogP contribution in [-0.4, -0.2) is 63.5 Å². The lowest BCUT2D eigenvalue weighted by Gasteiger charge is -2.37. The van der Waals surface area contributed by atoms with Crippen LogP contribution >= 0.6 is 0 Å². The molecule has 3 rings (SSSR count). The Balaban J connectivity index is 1.50. The molecule has 0 aromatic heterocycles. The van der Waals surface area contributed by atoms with Gasteiger partial charge in [0, 0.05) is 31.9 Å². The Labute approximate surface area is 182 Å². The topological polar surface area (TPSA) is 96.0 Å². The zero-order valence-corrected chi connectivity index (χ0v) is 18.4. The number of piperazine rings is 1. The highest BCUT2D eigenvalue weighted by Gasteiger charge is 2.30. The van der Waals surface area contributed by atoms with Gasteiger partial charge in [0.05, 0.1) is 4.90 Å². The number of esters is 1. The fourth-order valence-corrected chi connectivity index (χ4v) is 4.57. The third-order valence-electron chi connectivity index (χ3n) is 5.09. The van der Waals surface area contributed by atoms with Crippen LogP contribution in [0.4, 0.5) is 5.69 Å². The largest absolute Gasteiger partial charge is 0.451 e. The van der Waals surface area contributed by atoms with E-state index in [-0.39, 0.29) is 10.8 Å². The third kappa shape index (κ3) is 5.83. The summed E-state index contributed by atoms with van der Waals surface area (Å²) in [6, 6.07) is 16.6. The van der Waals surface area contributed by atoms with E-state index < -0.39 is 28.1 Å². The molecule has 0 aliphatic carbocycles. The van der Waals surface area contributed by atoms with Crippen LogP contribution in [0.2, 0.25) is 0 Å². The number of carbonyl (C=O) groups excluding carboxylic acids is 2. The maximum absolute atomic E-state index is 12.7. The molecule has 0 unspecified atom stereocenters. The average Bonchev–Trinajstić information content (AvgIpc) is 2.79. The summed E-state index contributed by atoms with van der Waals surface area (Å²) in [5.74, 6) is -1.09. The molecule has 0 bridgehead atoms. The molecule has 0 spiro atoms. The first-order valence-electron chi connectivity index (χ1n) is 10.1. The normalized spacial score (nSPS) is 16.5. The molecule has 2 aromatic carbocycles. The standard InChI is InChI=1S/C22H27N3O5S/c1-17(23-31(28,29)20-11-7-4-8-12-20)22(27)30-18(2)21(26)25-15-13-24(14-16-25)19-9-5-3-6-10-19/h3-12,17-18,23H,13-16H2,1-2H3/t17-,18+/m0/s1. The van der Waals surface area contributed by atoms with Crippen molar-refractivity contribution < 1.29 is 22.7 Å². The third-order valence-corrected chi connectivity index (χ3v) is 6.65. The summed E-state index contributed by atoms with van der Waals surface area (Å²) in [6.07, 6.45) is -1.00. The molecule has 2 aromatic rings. The summed E-state index contributed by atoms with van der Waals surface area (Å²) in [6.45, 7) is 5.30. The molecule has 166 valence electrons. The number of ether oxygens (including phenoxy) is 1. The zero-order chi connectivity index (χ0) is 22.4. The maximum atomic E-state index is 12.7. The molecule has 1 aliphatic heterocycles. The first kappa shape index (κ1) is 22.8. The van der Waals surface area contributed by atoms with E-state index in [0.717, 1.165) is 5.69 Å². The number of hydrogen-bond acceptors (Lipinski definition) is 6. The molecule has 1 heterocycles. The zero-order valence-electron chi connectivity index (χ0n) is 17.6. The number of rotatable bonds is 7. The summed E-state index contributed by atoms with van der Waals surface area (Å²) in [5, 5.41) is 0. The van der Waals surface area contributed by atoms with Gasteiger partial charge in [0.25, 0.3) is 5.91 Å². The van der Waals surface area contributed by atoms with Gasteiger partial charge in [-0.3, -0.25) is 9.59 Å². The van der Waals surface area contributed by atoms with Gasteiger partial charge in [-0.05, 0) is 38.1 Å². The predicted molar refractivity (Wildman–Crippen MR) is 117 cm³/mol. The van der Waals surface area contributed by atoms with Crippen LogP contribution in [0.25, 0.3) is 0 Å². The fraction of sp³-hybridized carbons (Fsp3) is 0.364. The van der Waals surface area contributed by atoms with Crippen molar-refractivity contribution in [3.63, 3.8) is 0 Å². The van der Waals surface area contributed by atoms with Crippen LogP contribution in [0, 0.1) is 0 Å². The lowest BCUT2D eigenvalue weighted by atomic mass is 10.2. The molecule has 8 nitrogen and oxygen atoms in total. The van der Waals surface area contributed by atoms with Crippen molar-refractivity contribution in [3.8, 4) is 0 Å². The Kier molecular flexibility index (Phi) is 7.29. The van der Waals surface area contributed by atoms with E-state index in [9.17, 15) is 18.0 Å². The monoisotopic (exact) mass is 445 g/mol. The Hall–Kier alpha value is -2.91. The molecule has 9 heteroatoms. The molecule has 31 heavy (non-hydrogen) atoms. The van der Waals surface area contributed by atoms with Gasteiger partial charge in [0.15, 0.2) is 6.10 Å². The highest BCUT2D eigenvalue weighted by molar-refractivity contribution is 7.89. The summed E-state index contributed by atoms with van der Waals surface area (Å²) in [7, 11) is -3.87. The van der Waals surface area contributed by atoms with Crippen molar-refractivity contribution in [3.05, 3.63) is 60.7 Å². The van der Waals surface area contributed by atoms with E-state index in [2.05, 4.69) is 9.62 Å². The van der Waals surface area contributed by atoms with E-state index >= 15 is 0 Å². The average molecular weight is 446 g/mol. The smallest absolute Gasteiger partial charge is 0.324 e. The van der Waals surface area contributed by atoms with Gasteiger partial charge in [-0.25, -0.2) is 8.42 Å². The minimum absolute atomic E-state index is 0.0510. The minimum atomic E-state index is -3.87. The number of amides is 1. The SMILES string of the molecule is C[C@H](NS(=O)(=O)c1ccccc1)C(=O)O[C@H](C)C(=O)N1CCN(c2ccccc2)CC1. The fourth-order valence-electron chi connectivity index (χ4n) is 3.36. The van der Waals surface area contributed by atoms with E-state index in [1.54, 1.807) is 23.1 Å². The van der Waals surface area contributed by atoms with Crippen LogP contribution in [-0.2, 0) is 24.3 Å². The number of sulfonamides is 1. The molecule has 0 saturated carbocycles. The van der Waals surface area contributed by atoms with Crippen LogP contribution in [0.5, 0.6) is 0 Å². The molecular formula is C22H27N3O5S. The molecule has 0 radical (unpaired) electrons. The number of nitrogens with one attached hydrogen (secondary N) is 1. The first-order chi connectivity index (χ1) is 14.8. The first-order valence-corrected chi connectivity index (χ1v) is 11.6. The van der Waals surface area contributed by atoms with Crippen molar-refractivity contribution in [1.29, 1.82) is 0 Å². The quantitative estimate of drug-likeness (QED) is 0.651. The summed E-state index contributed by atoms with van der Waals surface area (Å²) >= 11 is 0. The van der Waals surface area contributed by atoms with Crippen molar-refractivity contribution in [2.75, 3.05) is 31.1 Å². The summed E-state index contributed by atoms with van der Waals surface area (Å²) in [5.41, 5.74) is 1.11. The number of para-hydroxylation sites is 1. The van der Waals surface area contributed by atoms with Crippen LogP contribution in [0.15, 0.2) is 65.6 Å². The van der Waals surface area contributed by atoms with E-state index in [4.69, 9.17) is 4.74 Å². The molecule has 1 amide bonds. The Morgan fingerprint density at radius 3 is 2.03 bits per heavy atom. The number of carbonyl (C=O) groups is 2. The number of benzene rings is 2. The molecular weight excluding hydrogens is 418 g/mol. The van der Waals surface area contributed by atoms with Crippen molar-refractivity contribution in [1.82, 2.24) is 9.62 Å². The van der Waals surface area contributed by atoms with Gasteiger partial charge < -0.3 is 14.5 Å². The van der Waals surface area contributed by atoms with Gasteiger partial charge in [-0.2, -0.15) is 4.72 Å². The lowest BCUT2D eigenvalue weighted by molar-refractivity contribution is -0.160. The summed E-state index contributed by atoms with van der Waals surface area (Å²) < 4.78 is 32.3. The highest BCUT2D eigenvalue weighted by atomic mass is 32.2. The van der Waals surface area contributed by atoms with E-state index in [1.165, 1.54) is 26.0 Å². The van der Waals surface area contributed by atoms with Crippen molar-refractivity contribution in [2.24, 2.45) is 0 Å². The van der Waals surface area contributed by atoms with Crippen LogP contribution in [0.1, 0.15) is 13.8 Å². The number of nitrogens with zero attached hydrogens (tertiary/aromatic N) is 2. The highest BCUT2D eigenvalue weighted by Crippen LogP contribution is 2.16. The maximum Gasteiger partial charge on any atom is 0.324 e. The van der Waals surface area contributed by atoms with Crippen molar-refractivity contribution in [2.45, 2.75) is 30.9 Å². The molecule has 1 N–H and O–H groups in total. The molecule has 1 fully saturated rings. The lowest BCUT2D eigenvalue weighted by Crippen LogP contribution is -2.52. The van der Waals surface area contributed by atoms with Gasteiger partial charge >= 0.3 is 5.97 Å². The Morgan fingerprint density at radius 2 is 1.45 bits per heavy atom. The van der Waals surface area contributed by atoms with Gasteiger partial charge in [0.2, 0.25) is 10.0 Å². The Bertz CT molecular complexity index is 990. The molecule has 1 aliphatic rings. The number of anilines is 1. The Morgan fingerprint density at radius 1 is 0.903 bits per heavy atom. The minimum Gasteiger partial charge on any atom is -0.451 e. The molecule has 2 atom stereocenters.